The fourth-order valence-electron chi connectivity index (χ4n) is 2.07. The Bertz CT molecular complexity index is 701. The molecule has 0 fully saturated rings. The van der Waals surface area contributed by atoms with Gasteiger partial charge in [0.1, 0.15) is 11.0 Å². The Balaban J connectivity index is 2.30. The van der Waals surface area contributed by atoms with Gasteiger partial charge in [-0.05, 0) is 42.8 Å². The quantitative estimate of drug-likeness (QED) is 0.826. The van der Waals surface area contributed by atoms with Crippen molar-refractivity contribution in [1.82, 2.24) is 15.0 Å². The highest BCUT2D eigenvalue weighted by Crippen LogP contribution is 2.25. The van der Waals surface area contributed by atoms with Crippen LogP contribution in [0.15, 0.2) is 21.5 Å². The zero-order valence-corrected chi connectivity index (χ0v) is 13.6. The number of anilines is 1. The summed E-state index contributed by atoms with van der Waals surface area (Å²) < 4.78 is 0.698. The summed E-state index contributed by atoms with van der Waals surface area (Å²) in [6.45, 7) is 5.49. The van der Waals surface area contributed by atoms with Crippen LogP contribution in [0.5, 0.6) is 0 Å². The number of aromatic amines is 1. The van der Waals surface area contributed by atoms with E-state index in [2.05, 4.69) is 36.2 Å². The molecule has 5 nitrogen and oxygen atoms in total. The van der Waals surface area contributed by atoms with Crippen molar-refractivity contribution in [2.24, 2.45) is 0 Å². The molecule has 0 radical (unpaired) electrons. The Morgan fingerprint density at radius 3 is 2.75 bits per heavy atom. The van der Waals surface area contributed by atoms with Crippen LogP contribution in [0.25, 0.3) is 0 Å². The molecule has 2 aromatic heterocycles. The Morgan fingerprint density at radius 1 is 1.45 bits per heavy atom. The first-order chi connectivity index (χ1) is 9.38. The van der Waals surface area contributed by atoms with E-state index >= 15 is 0 Å². The van der Waals surface area contributed by atoms with Crippen LogP contribution in [-0.2, 0) is 0 Å². The first-order valence-electron chi connectivity index (χ1n) is 6.03. The summed E-state index contributed by atoms with van der Waals surface area (Å²) in [5.74, 6) is 0.611. The van der Waals surface area contributed by atoms with Gasteiger partial charge in [-0.1, -0.05) is 11.6 Å². The third kappa shape index (κ3) is 3.19. The van der Waals surface area contributed by atoms with Crippen molar-refractivity contribution in [1.29, 1.82) is 0 Å². The van der Waals surface area contributed by atoms with Crippen LogP contribution >= 0.6 is 27.5 Å². The highest BCUT2D eigenvalue weighted by Gasteiger charge is 2.15. The van der Waals surface area contributed by atoms with E-state index in [1.807, 2.05) is 19.9 Å². The van der Waals surface area contributed by atoms with Gasteiger partial charge < -0.3 is 10.3 Å². The lowest BCUT2D eigenvalue weighted by Crippen LogP contribution is -2.23. The summed E-state index contributed by atoms with van der Waals surface area (Å²) >= 11 is 9.17. The SMILES string of the molecule is Cc1nc(C)c(C(C)Nc2cnc(Cl)c(Br)c2)c(=O)[nH]1. The lowest BCUT2D eigenvalue weighted by Gasteiger charge is -2.16. The molecule has 0 aliphatic carbocycles. The van der Waals surface area contributed by atoms with E-state index in [1.165, 1.54) is 0 Å². The van der Waals surface area contributed by atoms with Gasteiger partial charge in [0, 0.05) is 0 Å². The largest absolute Gasteiger partial charge is 0.377 e. The molecule has 0 aromatic carbocycles. The lowest BCUT2D eigenvalue weighted by molar-refractivity contribution is 0.813. The van der Waals surface area contributed by atoms with E-state index in [9.17, 15) is 4.79 Å². The Labute approximate surface area is 129 Å². The molecule has 0 saturated heterocycles. The summed E-state index contributed by atoms with van der Waals surface area (Å²) in [7, 11) is 0. The van der Waals surface area contributed by atoms with E-state index in [0.717, 1.165) is 5.69 Å². The van der Waals surface area contributed by atoms with Crippen molar-refractivity contribution in [2.45, 2.75) is 26.8 Å². The molecule has 2 heterocycles. The van der Waals surface area contributed by atoms with E-state index in [1.54, 1.807) is 13.1 Å². The highest BCUT2D eigenvalue weighted by molar-refractivity contribution is 9.10. The average molecular weight is 358 g/mol. The van der Waals surface area contributed by atoms with Gasteiger partial charge in [-0.3, -0.25) is 4.79 Å². The highest BCUT2D eigenvalue weighted by atomic mass is 79.9. The minimum Gasteiger partial charge on any atom is -0.377 e. The normalized spacial score (nSPS) is 12.2. The number of nitrogens with zero attached hydrogens (tertiary/aromatic N) is 2. The number of aryl methyl sites for hydroxylation is 2. The molecular weight excluding hydrogens is 344 g/mol. The van der Waals surface area contributed by atoms with Gasteiger partial charge in [-0.2, -0.15) is 0 Å². The molecule has 1 unspecified atom stereocenters. The van der Waals surface area contributed by atoms with Gasteiger partial charge in [-0.25, -0.2) is 9.97 Å². The Morgan fingerprint density at radius 2 is 2.15 bits per heavy atom. The minimum atomic E-state index is -0.193. The molecule has 7 heteroatoms. The second-order valence-electron chi connectivity index (χ2n) is 4.51. The number of hydrogen-bond acceptors (Lipinski definition) is 4. The van der Waals surface area contributed by atoms with E-state index in [4.69, 9.17) is 11.6 Å². The summed E-state index contributed by atoms with van der Waals surface area (Å²) in [5.41, 5.74) is 1.97. The third-order valence-corrected chi connectivity index (χ3v) is 4.01. The van der Waals surface area contributed by atoms with Crippen LogP contribution in [0, 0.1) is 13.8 Å². The van der Waals surface area contributed by atoms with Crippen molar-refractivity contribution in [3.63, 3.8) is 0 Å². The molecule has 20 heavy (non-hydrogen) atoms. The third-order valence-electron chi connectivity index (χ3n) is 2.88. The maximum atomic E-state index is 12.0. The Hall–Kier alpha value is -1.40. The fourth-order valence-corrected chi connectivity index (χ4v) is 2.52. The molecule has 2 rings (SSSR count). The van der Waals surface area contributed by atoms with Crippen molar-refractivity contribution < 1.29 is 0 Å². The van der Waals surface area contributed by atoms with Crippen LogP contribution in [0.1, 0.15) is 30.0 Å². The molecule has 106 valence electrons. The predicted octanol–water partition coefficient (Wildman–Crippen LogP) is 3.37. The molecule has 0 amide bonds. The van der Waals surface area contributed by atoms with Gasteiger partial charge in [0.15, 0.2) is 0 Å². The molecule has 0 aliphatic heterocycles. The summed E-state index contributed by atoms with van der Waals surface area (Å²) in [6, 6.07) is 1.62. The molecule has 2 aromatic rings. The molecule has 2 N–H and O–H groups in total. The number of hydrogen-bond donors (Lipinski definition) is 2. The lowest BCUT2D eigenvalue weighted by atomic mass is 10.1. The van der Waals surface area contributed by atoms with Crippen molar-refractivity contribution in [2.75, 3.05) is 5.32 Å². The topological polar surface area (TPSA) is 70.7 Å². The van der Waals surface area contributed by atoms with Gasteiger partial charge in [0.05, 0.1) is 33.7 Å². The number of rotatable bonds is 3. The van der Waals surface area contributed by atoms with Crippen molar-refractivity contribution >= 4 is 33.2 Å². The van der Waals surface area contributed by atoms with Crippen LogP contribution < -0.4 is 10.9 Å². The monoisotopic (exact) mass is 356 g/mol. The number of aromatic nitrogens is 3. The van der Waals surface area contributed by atoms with Crippen LogP contribution in [0.2, 0.25) is 5.15 Å². The summed E-state index contributed by atoms with van der Waals surface area (Å²) in [6.07, 6.45) is 1.62. The maximum Gasteiger partial charge on any atom is 0.256 e. The second-order valence-corrected chi connectivity index (χ2v) is 5.73. The average Bonchev–Trinajstić information content (AvgIpc) is 2.32. The minimum absolute atomic E-state index is 0.129. The molecule has 1 atom stereocenters. The molecule has 0 aliphatic rings. The van der Waals surface area contributed by atoms with Crippen LogP contribution in [-0.4, -0.2) is 15.0 Å². The number of pyridine rings is 1. The zero-order chi connectivity index (χ0) is 14.9. The van der Waals surface area contributed by atoms with Crippen molar-refractivity contribution in [3.05, 3.63) is 49.3 Å². The van der Waals surface area contributed by atoms with Gasteiger partial charge in [-0.15, -0.1) is 0 Å². The summed E-state index contributed by atoms with van der Waals surface area (Å²) in [5, 5.41) is 3.61. The summed E-state index contributed by atoms with van der Waals surface area (Å²) in [4.78, 5) is 23.1. The van der Waals surface area contributed by atoms with E-state index in [-0.39, 0.29) is 11.6 Å². The molecule has 0 saturated carbocycles. The van der Waals surface area contributed by atoms with Crippen molar-refractivity contribution in [3.8, 4) is 0 Å². The Kier molecular flexibility index (Phi) is 4.45. The van der Waals surface area contributed by atoms with E-state index < -0.39 is 0 Å². The molecule has 0 bridgehead atoms. The first-order valence-corrected chi connectivity index (χ1v) is 7.20. The predicted molar refractivity (Wildman–Crippen MR) is 83.3 cm³/mol. The van der Waals surface area contributed by atoms with Crippen LogP contribution in [0.4, 0.5) is 5.69 Å². The number of nitrogens with one attached hydrogen (secondary N) is 2. The smallest absolute Gasteiger partial charge is 0.256 e. The van der Waals surface area contributed by atoms with Gasteiger partial charge >= 0.3 is 0 Å². The van der Waals surface area contributed by atoms with Gasteiger partial charge in [0.2, 0.25) is 0 Å². The zero-order valence-electron chi connectivity index (χ0n) is 11.3. The molecular formula is C13H14BrClN4O. The fraction of sp³-hybridized carbons (Fsp3) is 0.308. The first kappa shape index (κ1) is 15.0. The van der Waals surface area contributed by atoms with Crippen LogP contribution in [0.3, 0.4) is 0 Å². The van der Waals surface area contributed by atoms with Gasteiger partial charge in [0.25, 0.3) is 5.56 Å². The van der Waals surface area contributed by atoms with E-state index in [0.29, 0.717) is 26.7 Å². The standard InChI is InChI=1S/C13H14BrClN4O/c1-6-11(13(20)19-8(3)17-6)7(2)18-9-4-10(14)12(15)16-5-9/h4-5,7,18H,1-3H3,(H,17,19,20). The second kappa shape index (κ2) is 5.93. The number of H-pyrrole nitrogens is 1. The maximum absolute atomic E-state index is 12.0. The number of halogens is 2. The molecule has 0 spiro atoms.